The Morgan fingerprint density at radius 2 is 2.14 bits per heavy atom. The summed E-state index contributed by atoms with van der Waals surface area (Å²) in [7, 11) is 0. The Bertz CT molecular complexity index is 502. The minimum atomic E-state index is -4.41. The van der Waals surface area contributed by atoms with Crippen molar-refractivity contribution in [2.75, 3.05) is 18.4 Å². The molecule has 1 heterocycles. The molecule has 0 bridgehead atoms. The lowest BCUT2D eigenvalue weighted by Gasteiger charge is -2.23. The Hall–Kier alpha value is -1.86. The number of alkyl halides is 3. The molecule has 1 saturated carbocycles. The van der Waals surface area contributed by atoms with Crippen LogP contribution in [0, 0.1) is 0 Å². The molecule has 0 radical (unpaired) electrons. The van der Waals surface area contributed by atoms with E-state index in [-0.39, 0.29) is 11.7 Å². The van der Waals surface area contributed by atoms with E-state index in [1.54, 1.807) is 0 Å². The Kier molecular flexibility index (Phi) is 4.64. The quantitative estimate of drug-likeness (QED) is 0.877. The summed E-state index contributed by atoms with van der Waals surface area (Å²) < 4.78 is 37.7. The molecule has 0 unspecified atom stereocenters. The molecule has 21 heavy (non-hydrogen) atoms. The van der Waals surface area contributed by atoms with Crippen LogP contribution in [0.15, 0.2) is 12.4 Å². The molecule has 0 aliphatic heterocycles. The highest BCUT2D eigenvalue weighted by atomic mass is 19.4. The standard InChI is InChI=1S/C13H17F3N4O/c1-2-5-18-11-7-17-6-10(19-11)12(21)20(9-3-4-9)8-13(14,15)16/h6-7,9H,2-5,8H2,1H3,(H,18,19). The molecule has 1 aromatic rings. The number of aromatic nitrogens is 2. The zero-order valence-corrected chi connectivity index (χ0v) is 11.7. The maximum absolute atomic E-state index is 12.6. The zero-order valence-electron chi connectivity index (χ0n) is 11.7. The van der Waals surface area contributed by atoms with Gasteiger partial charge < -0.3 is 10.2 Å². The van der Waals surface area contributed by atoms with Crippen molar-refractivity contribution in [3.63, 3.8) is 0 Å². The second-order valence-electron chi connectivity index (χ2n) is 5.00. The van der Waals surface area contributed by atoms with Gasteiger partial charge >= 0.3 is 6.18 Å². The number of carbonyl (C=O) groups is 1. The van der Waals surface area contributed by atoms with Crippen molar-refractivity contribution in [2.24, 2.45) is 0 Å². The monoisotopic (exact) mass is 302 g/mol. The van der Waals surface area contributed by atoms with Gasteiger partial charge in [0.15, 0.2) is 0 Å². The second kappa shape index (κ2) is 6.28. The molecule has 1 amide bonds. The van der Waals surface area contributed by atoms with Crippen LogP contribution in [0.3, 0.4) is 0 Å². The van der Waals surface area contributed by atoms with Gasteiger partial charge in [0.25, 0.3) is 5.91 Å². The summed E-state index contributed by atoms with van der Waals surface area (Å²) >= 11 is 0. The molecule has 2 rings (SSSR count). The van der Waals surface area contributed by atoms with E-state index in [1.807, 2.05) is 6.92 Å². The van der Waals surface area contributed by atoms with Gasteiger partial charge in [0.05, 0.1) is 12.4 Å². The second-order valence-corrected chi connectivity index (χ2v) is 5.00. The van der Waals surface area contributed by atoms with Crippen LogP contribution in [0.5, 0.6) is 0 Å². The van der Waals surface area contributed by atoms with Gasteiger partial charge in [-0.1, -0.05) is 6.92 Å². The third-order valence-electron chi connectivity index (χ3n) is 3.01. The predicted molar refractivity (Wildman–Crippen MR) is 70.9 cm³/mol. The first-order chi connectivity index (χ1) is 9.90. The number of rotatable bonds is 6. The van der Waals surface area contributed by atoms with Crippen LogP contribution < -0.4 is 5.32 Å². The zero-order chi connectivity index (χ0) is 15.5. The van der Waals surface area contributed by atoms with Crippen molar-refractivity contribution in [3.05, 3.63) is 18.1 Å². The molecule has 1 fully saturated rings. The number of carbonyl (C=O) groups excluding carboxylic acids is 1. The highest BCUT2D eigenvalue weighted by Gasteiger charge is 2.41. The first-order valence-electron chi connectivity index (χ1n) is 6.84. The van der Waals surface area contributed by atoms with Gasteiger partial charge in [0.1, 0.15) is 18.1 Å². The lowest BCUT2D eigenvalue weighted by molar-refractivity contribution is -0.141. The minimum Gasteiger partial charge on any atom is -0.369 e. The van der Waals surface area contributed by atoms with Crippen molar-refractivity contribution in [1.29, 1.82) is 0 Å². The van der Waals surface area contributed by atoms with Gasteiger partial charge in [-0.25, -0.2) is 4.98 Å². The van der Waals surface area contributed by atoms with Gasteiger partial charge in [0, 0.05) is 12.6 Å². The number of nitrogens with zero attached hydrogens (tertiary/aromatic N) is 3. The summed E-state index contributed by atoms with van der Waals surface area (Å²) in [5, 5.41) is 2.96. The molecule has 0 spiro atoms. The maximum atomic E-state index is 12.6. The number of nitrogens with one attached hydrogen (secondary N) is 1. The third kappa shape index (κ3) is 4.57. The predicted octanol–water partition coefficient (Wildman–Crippen LogP) is 2.47. The van der Waals surface area contributed by atoms with E-state index in [1.165, 1.54) is 12.4 Å². The van der Waals surface area contributed by atoms with Crippen molar-refractivity contribution in [1.82, 2.24) is 14.9 Å². The summed E-state index contributed by atoms with van der Waals surface area (Å²) in [6, 6.07) is -0.340. The Balaban J connectivity index is 2.12. The largest absolute Gasteiger partial charge is 0.406 e. The van der Waals surface area contributed by atoms with Crippen molar-refractivity contribution in [2.45, 2.75) is 38.4 Å². The molecule has 116 valence electrons. The fraction of sp³-hybridized carbons (Fsp3) is 0.615. The van der Waals surface area contributed by atoms with Gasteiger partial charge in [-0.3, -0.25) is 9.78 Å². The maximum Gasteiger partial charge on any atom is 0.406 e. The molecular formula is C13H17F3N4O. The van der Waals surface area contributed by atoms with E-state index in [0.717, 1.165) is 11.3 Å². The highest BCUT2D eigenvalue weighted by Crippen LogP contribution is 2.31. The molecule has 1 aliphatic carbocycles. The normalized spacial score (nSPS) is 14.9. The van der Waals surface area contributed by atoms with Crippen LogP contribution in [0.1, 0.15) is 36.7 Å². The Labute approximate surface area is 120 Å². The third-order valence-corrected chi connectivity index (χ3v) is 3.01. The number of amides is 1. The van der Waals surface area contributed by atoms with Crippen LogP contribution in [-0.2, 0) is 0 Å². The van der Waals surface area contributed by atoms with Crippen molar-refractivity contribution >= 4 is 11.7 Å². The van der Waals surface area contributed by atoms with E-state index < -0.39 is 18.6 Å². The molecule has 1 N–H and O–H groups in total. The molecular weight excluding hydrogens is 285 g/mol. The first kappa shape index (κ1) is 15.5. The van der Waals surface area contributed by atoms with Gasteiger partial charge in [-0.15, -0.1) is 0 Å². The Morgan fingerprint density at radius 3 is 2.71 bits per heavy atom. The van der Waals surface area contributed by atoms with Gasteiger partial charge in [-0.2, -0.15) is 13.2 Å². The smallest absolute Gasteiger partial charge is 0.369 e. The number of hydrogen-bond donors (Lipinski definition) is 1. The molecule has 0 atom stereocenters. The average molecular weight is 302 g/mol. The number of halogens is 3. The van der Waals surface area contributed by atoms with Crippen LogP contribution in [0.2, 0.25) is 0 Å². The van der Waals surface area contributed by atoms with E-state index >= 15 is 0 Å². The fourth-order valence-corrected chi connectivity index (χ4v) is 1.90. The van der Waals surface area contributed by atoms with Crippen molar-refractivity contribution < 1.29 is 18.0 Å². The molecule has 0 aromatic carbocycles. The SMILES string of the molecule is CCCNc1cncc(C(=O)N(CC(F)(F)F)C2CC2)n1. The van der Waals surface area contributed by atoms with E-state index in [2.05, 4.69) is 15.3 Å². The Morgan fingerprint density at radius 1 is 1.43 bits per heavy atom. The summed E-state index contributed by atoms with van der Waals surface area (Å²) in [5.74, 6) is -0.326. The van der Waals surface area contributed by atoms with Crippen molar-refractivity contribution in [3.8, 4) is 0 Å². The lowest BCUT2D eigenvalue weighted by atomic mass is 10.3. The summed E-state index contributed by atoms with van der Waals surface area (Å²) in [6.07, 6.45) is 0.292. The fourth-order valence-electron chi connectivity index (χ4n) is 1.90. The van der Waals surface area contributed by atoms with Crippen LogP contribution >= 0.6 is 0 Å². The van der Waals surface area contributed by atoms with Gasteiger partial charge in [-0.05, 0) is 19.3 Å². The van der Waals surface area contributed by atoms with Crippen LogP contribution in [-0.4, -0.2) is 46.1 Å². The average Bonchev–Trinajstić information content (AvgIpc) is 3.25. The topological polar surface area (TPSA) is 58.1 Å². The first-order valence-corrected chi connectivity index (χ1v) is 6.84. The lowest BCUT2D eigenvalue weighted by Crippen LogP contribution is -2.41. The van der Waals surface area contributed by atoms with E-state index in [4.69, 9.17) is 0 Å². The minimum absolute atomic E-state index is 0.0627. The summed E-state index contributed by atoms with van der Waals surface area (Å²) in [5.41, 5.74) is -0.0627. The summed E-state index contributed by atoms with van der Waals surface area (Å²) in [4.78, 5) is 21.0. The van der Waals surface area contributed by atoms with Crippen LogP contribution in [0.25, 0.3) is 0 Å². The highest BCUT2D eigenvalue weighted by molar-refractivity contribution is 5.92. The van der Waals surface area contributed by atoms with E-state index in [9.17, 15) is 18.0 Å². The number of anilines is 1. The van der Waals surface area contributed by atoms with E-state index in [0.29, 0.717) is 25.2 Å². The molecule has 1 aliphatic rings. The molecule has 1 aromatic heterocycles. The molecule has 8 heteroatoms. The van der Waals surface area contributed by atoms with Gasteiger partial charge in [0.2, 0.25) is 0 Å². The number of hydrogen-bond acceptors (Lipinski definition) is 4. The molecule has 0 saturated heterocycles. The molecule has 5 nitrogen and oxygen atoms in total. The summed E-state index contributed by atoms with van der Waals surface area (Å²) in [6.45, 7) is 1.37. The van der Waals surface area contributed by atoms with Crippen LogP contribution in [0.4, 0.5) is 19.0 Å².